The first kappa shape index (κ1) is 13.1. The zero-order valence-corrected chi connectivity index (χ0v) is 10.8. The maximum atomic E-state index is 11.7. The Morgan fingerprint density at radius 1 is 1.50 bits per heavy atom. The second-order valence-electron chi connectivity index (χ2n) is 4.36. The number of hydrogen-bond donors (Lipinski definition) is 1. The molecule has 0 spiro atoms. The first-order valence-electron chi connectivity index (χ1n) is 6.48. The summed E-state index contributed by atoms with van der Waals surface area (Å²) >= 11 is 0. The highest BCUT2D eigenvalue weighted by atomic mass is 16.5. The van der Waals surface area contributed by atoms with Gasteiger partial charge >= 0.3 is 5.97 Å². The van der Waals surface area contributed by atoms with E-state index in [1.807, 2.05) is 0 Å². The number of carbonyl (C=O) groups excluding carboxylic acids is 1. The zero-order valence-electron chi connectivity index (χ0n) is 10.8. The Labute approximate surface area is 107 Å². The van der Waals surface area contributed by atoms with Crippen LogP contribution in [0.25, 0.3) is 0 Å². The van der Waals surface area contributed by atoms with Crippen LogP contribution < -0.4 is 5.32 Å². The lowest BCUT2D eigenvalue weighted by Gasteiger charge is -2.18. The fourth-order valence-corrected chi connectivity index (χ4v) is 2.12. The molecular formula is C13H20N2O3. The molecule has 0 bridgehead atoms. The number of carbonyl (C=O) groups is 1. The van der Waals surface area contributed by atoms with Crippen LogP contribution in [0.3, 0.4) is 0 Å². The highest BCUT2D eigenvalue weighted by Crippen LogP contribution is 2.15. The van der Waals surface area contributed by atoms with Crippen molar-refractivity contribution in [1.29, 1.82) is 0 Å². The number of esters is 1. The van der Waals surface area contributed by atoms with Crippen molar-refractivity contribution in [2.75, 3.05) is 32.8 Å². The molecule has 100 valence electrons. The van der Waals surface area contributed by atoms with E-state index >= 15 is 0 Å². The number of rotatable bonds is 4. The lowest BCUT2D eigenvalue weighted by Crippen LogP contribution is -2.28. The third-order valence-corrected chi connectivity index (χ3v) is 3.04. The van der Waals surface area contributed by atoms with E-state index in [2.05, 4.69) is 10.2 Å². The van der Waals surface area contributed by atoms with Gasteiger partial charge in [0, 0.05) is 13.1 Å². The molecule has 0 radical (unpaired) electrons. The van der Waals surface area contributed by atoms with Gasteiger partial charge in [0.25, 0.3) is 0 Å². The molecule has 1 saturated heterocycles. The Morgan fingerprint density at radius 2 is 2.39 bits per heavy atom. The highest BCUT2D eigenvalue weighted by Gasteiger charge is 2.18. The van der Waals surface area contributed by atoms with Crippen LogP contribution in [0.5, 0.6) is 0 Å². The second kappa shape index (κ2) is 6.56. The van der Waals surface area contributed by atoms with E-state index in [4.69, 9.17) is 9.15 Å². The normalized spacial score (nSPS) is 17.4. The number of hydrogen-bond acceptors (Lipinski definition) is 5. The molecule has 5 nitrogen and oxygen atoms in total. The van der Waals surface area contributed by atoms with E-state index in [1.165, 1.54) is 0 Å². The lowest BCUT2D eigenvalue weighted by molar-refractivity contribution is 0.0522. The van der Waals surface area contributed by atoms with Crippen molar-refractivity contribution in [3.8, 4) is 0 Å². The van der Waals surface area contributed by atoms with Gasteiger partial charge in [0.05, 0.1) is 19.4 Å². The molecule has 1 N–H and O–H groups in total. The van der Waals surface area contributed by atoms with Gasteiger partial charge in [-0.3, -0.25) is 4.90 Å². The van der Waals surface area contributed by atoms with Gasteiger partial charge in [0.15, 0.2) is 0 Å². The van der Waals surface area contributed by atoms with E-state index in [0.29, 0.717) is 24.5 Å². The number of ether oxygens (including phenoxy) is 1. The van der Waals surface area contributed by atoms with Crippen molar-refractivity contribution in [2.24, 2.45) is 0 Å². The van der Waals surface area contributed by atoms with Crippen molar-refractivity contribution in [3.63, 3.8) is 0 Å². The molecular weight excluding hydrogens is 232 g/mol. The van der Waals surface area contributed by atoms with Gasteiger partial charge < -0.3 is 14.5 Å². The topological polar surface area (TPSA) is 54.7 Å². The SMILES string of the molecule is CCOC(=O)c1ccoc1CN1CCCNCC1. The van der Waals surface area contributed by atoms with Crippen LogP contribution in [0.2, 0.25) is 0 Å². The first-order valence-corrected chi connectivity index (χ1v) is 6.48. The molecule has 1 aromatic heterocycles. The summed E-state index contributed by atoms with van der Waals surface area (Å²) in [6.07, 6.45) is 2.67. The standard InChI is InChI=1S/C13H20N2O3/c1-2-17-13(16)11-4-9-18-12(11)10-15-7-3-5-14-6-8-15/h4,9,14H,2-3,5-8,10H2,1H3. The third kappa shape index (κ3) is 3.34. The van der Waals surface area contributed by atoms with Crippen molar-refractivity contribution in [1.82, 2.24) is 10.2 Å². The molecule has 1 aliphatic heterocycles. The zero-order chi connectivity index (χ0) is 12.8. The molecule has 1 aliphatic rings. The molecule has 1 fully saturated rings. The maximum absolute atomic E-state index is 11.7. The monoisotopic (exact) mass is 252 g/mol. The summed E-state index contributed by atoms with van der Waals surface area (Å²) in [6.45, 7) is 6.89. The van der Waals surface area contributed by atoms with Crippen molar-refractivity contribution >= 4 is 5.97 Å². The van der Waals surface area contributed by atoms with E-state index in [0.717, 1.165) is 32.6 Å². The Kier molecular flexibility index (Phi) is 4.78. The Bertz CT molecular complexity index is 381. The van der Waals surface area contributed by atoms with Crippen LogP contribution >= 0.6 is 0 Å². The van der Waals surface area contributed by atoms with Gasteiger partial charge in [-0.05, 0) is 32.5 Å². The summed E-state index contributed by atoms with van der Waals surface area (Å²) < 4.78 is 10.4. The van der Waals surface area contributed by atoms with Crippen LogP contribution in [0, 0.1) is 0 Å². The molecule has 5 heteroatoms. The van der Waals surface area contributed by atoms with Gasteiger partial charge in [-0.1, -0.05) is 0 Å². The Hall–Kier alpha value is -1.33. The van der Waals surface area contributed by atoms with Gasteiger partial charge in [-0.2, -0.15) is 0 Å². The van der Waals surface area contributed by atoms with E-state index < -0.39 is 0 Å². The fraction of sp³-hybridized carbons (Fsp3) is 0.615. The van der Waals surface area contributed by atoms with Gasteiger partial charge in [0.1, 0.15) is 11.3 Å². The molecule has 0 aromatic carbocycles. The maximum Gasteiger partial charge on any atom is 0.341 e. The molecule has 0 unspecified atom stereocenters. The highest BCUT2D eigenvalue weighted by molar-refractivity contribution is 5.90. The second-order valence-corrected chi connectivity index (χ2v) is 4.36. The van der Waals surface area contributed by atoms with E-state index in [9.17, 15) is 4.79 Å². The average Bonchev–Trinajstić information content (AvgIpc) is 2.66. The third-order valence-electron chi connectivity index (χ3n) is 3.04. The quantitative estimate of drug-likeness (QED) is 0.817. The molecule has 2 rings (SSSR count). The molecule has 18 heavy (non-hydrogen) atoms. The summed E-state index contributed by atoms with van der Waals surface area (Å²) in [6, 6.07) is 1.68. The Balaban J connectivity index is 2.00. The predicted octanol–water partition coefficient (Wildman–Crippen LogP) is 1.25. The predicted molar refractivity (Wildman–Crippen MR) is 67.4 cm³/mol. The van der Waals surface area contributed by atoms with Gasteiger partial charge in [-0.25, -0.2) is 4.79 Å². The van der Waals surface area contributed by atoms with E-state index in [1.54, 1.807) is 19.3 Å². The van der Waals surface area contributed by atoms with Crippen LogP contribution in [0.15, 0.2) is 16.7 Å². The van der Waals surface area contributed by atoms with Crippen LogP contribution in [-0.2, 0) is 11.3 Å². The molecule has 0 amide bonds. The van der Waals surface area contributed by atoms with E-state index in [-0.39, 0.29) is 5.97 Å². The molecule has 0 aliphatic carbocycles. The summed E-state index contributed by atoms with van der Waals surface area (Å²) in [5.74, 6) is 0.407. The molecule has 0 atom stereocenters. The van der Waals surface area contributed by atoms with Crippen molar-refractivity contribution in [2.45, 2.75) is 19.9 Å². The largest absolute Gasteiger partial charge is 0.467 e. The first-order chi connectivity index (χ1) is 8.81. The molecule has 1 aromatic rings. The smallest absolute Gasteiger partial charge is 0.341 e. The van der Waals surface area contributed by atoms with Gasteiger partial charge in [-0.15, -0.1) is 0 Å². The summed E-state index contributed by atoms with van der Waals surface area (Å²) in [7, 11) is 0. The summed E-state index contributed by atoms with van der Waals surface area (Å²) in [4.78, 5) is 14.0. The fourth-order valence-electron chi connectivity index (χ4n) is 2.12. The molecule has 2 heterocycles. The lowest BCUT2D eigenvalue weighted by atomic mass is 10.2. The minimum absolute atomic E-state index is 0.297. The minimum atomic E-state index is -0.297. The van der Waals surface area contributed by atoms with Crippen LogP contribution in [0.4, 0.5) is 0 Å². The number of furan rings is 1. The molecule has 0 saturated carbocycles. The summed E-state index contributed by atoms with van der Waals surface area (Å²) in [5.41, 5.74) is 0.550. The van der Waals surface area contributed by atoms with Crippen LogP contribution in [0.1, 0.15) is 29.5 Å². The Morgan fingerprint density at radius 3 is 3.22 bits per heavy atom. The summed E-state index contributed by atoms with van der Waals surface area (Å²) in [5, 5.41) is 3.35. The number of nitrogens with zero attached hydrogens (tertiary/aromatic N) is 1. The average molecular weight is 252 g/mol. The van der Waals surface area contributed by atoms with Crippen LogP contribution in [-0.4, -0.2) is 43.7 Å². The number of nitrogens with one attached hydrogen (secondary N) is 1. The van der Waals surface area contributed by atoms with Crippen molar-refractivity contribution in [3.05, 3.63) is 23.7 Å². The minimum Gasteiger partial charge on any atom is -0.467 e. The van der Waals surface area contributed by atoms with Gasteiger partial charge in [0.2, 0.25) is 0 Å². The van der Waals surface area contributed by atoms with Crippen molar-refractivity contribution < 1.29 is 13.9 Å².